The maximum absolute atomic E-state index is 12.2. The van der Waals surface area contributed by atoms with Gasteiger partial charge in [0.1, 0.15) is 4.70 Å². The van der Waals surface area contributed by atoms with Gasteiger partial charge >= 0.3 is 5.97 Å². The number of nitrogens with zero attached hydrogens (tertiary/aromatic N) is 1. The Balaban J connectivity index is 1.52. The number of esters is 1. The Morgan fingerprint density at radius 2 is 2.23 bits per heavy atom. The molecule has 2 heterocycles. The zero-order valence-corrected chi connectivity index (χ0v) is 14.0. The van der Waals surface area contributed by atoms with Crippen molar-refractivity contribution in [1.82, 2.24) is 0 Å². The van der Waals surface area contributed by atoms with E-state index in [1.807, 2.05) is 30.0 Å². The Labute approximate surface area is 137 Å². The summed E-state index contributed by atoms with van der Waals surface area (Å²) in [5.74, 6) is 1.32. The van der Waals surface area contributed by atoms with Crippen LogP contribution in [-0.2, 0) is 9.53 Å². The van der Waals surface area contributed by atoms with E-state index < -0.39 is 0 Å². The monoisotopic (exact) mass is 332 g/mol. The molecule has 0 spiro atoms. The average Bonchev–Trinajstić information content (AvgIpc) is 3.23. The van der Waals surface area contributed by atoms with E-state index in [-0.39, 0.29) is 11.9 Å². The standard InChI is InChI=1S/C17H18NO2S2/c1-2-20-16(19)11-8-9-7-10(11)15-14(9)18-12-5-3-4-6-13(12)21-17(18)22-15/h3-6,9-11,14-15H,2,7-8H2,1H3/q+1. The predicted molar refractivity (Wildman–Crippen MR) is 87.0 cm³/mol. The van der Waals surface area contributed by atoms with Crippen LogP contribution in [0.25, 0.3) is 10.2 Å². The summed E-state index contributed by atoms with van der Waals surface area (Å²) in [6, 6.07) is 9.30. The summed E-state index contributed by atoms with van der Waals surface area (Å²) in [6.07, 6.45) is 2.21. The lowest BCUT2D eigenvalue weighted by atomic mass is 9.85. The van der Waals surface area contributed by atoms with Crippen molar-refractivity contribution in [3.05, 3.63) is 24.3 Å². The van der Waals surface area contributed by atoms with E-state index in [4.69, 9.17) is 4.74 Å². The molecular formula is C17H18NO2S2+. The first-order valence-electron chi connectivity index (χ1n) is 8.04. The number of thiazole rings is 1. The SMILES string of the molecule is CCOC(=O)C1CC2CC1C1Sc3sc4ccccc4[n+]3C21. The molecule has 2 aliphatic carbocycles. The number of aromatic nitrogens is 1. The normalized spacial score (nSPS) is 34.9. The van der Waals surface area contributed by atoms with Crippen LogP contribution in [0, 0.1) is 17.8 Å². The van der Waals surface area contributed by atoms with Crippen LogP contribution < -0.4 is 4.57 Å². The Bertz CT molecular complexity index is 771. The summed E-state index contributed by atoms with van der Waals surface area (Å²) < 4.78 is 10.7. The third kappa shape index (κ3) is 1.64. The highest BCUT2D eigenvalue weighted by molar-refractivity contribution is 8.01. The van der Waals surface area contributed by atoms with Crippen LogP contribution in [0.1, 0.15) is 25.8 Å². The zero-order valence-electron chi connectivity index (χ0n) is 12.4. The molecule has 2 bridgehead atoms. The van der Waals surface area contributed by atoms with Gasteiger partial charge in [0.2, 0.25) is 5.52 Å². The van der Waals surface area contributed by atoms with Crippen molar-refractivity contribution in [2.24, 2.45) is 17.8 Å². The largest absolute Gasteiger partial charge is 0.466 e. The molecule has 0 radical (unpaired) electrons. The zero-order chi connectivity index (χ0) is 14.8. The van der Waals surface area contributed by atoms with Gasteiger partial charge in [0.25, 0.3) is 4.34 Å². The topological polar surface area (TPSA) is 30.2 Å². The van der Waals surface area contributed by atoms with E-state index in [0.29, 0.717) is 29.7 Å². The lowest BCUT2D eigenvalue weighted by Gasteiger charge is -2.26. The fourth-order valence-electron chi connectivity index (χ4n) is 4.77. The molecule has 2 saturated carbocycles. The minimum atomic E-state index is 0.0409. The second kappa shape index (κ2) is 4.71. The number of fused-ring (bicyclic) bond motifs is 9. The first kappa shape index (κ1) is 13.4. The molecule has 3 aliphatic rings. The van der Waals surface area contributed by atoms with Gasteiger partial charge in [0.15, 0.2) is 6.04 Å². The molecule has 5 heteroatoms. The van der Waals surface area contributed by atoms with Crippen molar-refractivity contribution >= 4 is 39.3 Å². The van der Waals surface area contributed by atoms with Crippen molar-refractivity contribution in [2.75, 3.05) is 6.61 Å². The number of benzene rings is 1. The average molecular weight is 332 g/mol. The van der Waals surface area contributed by atoms with Crippen molar-refractivity contribution < 1.29 is 14.1 Å². The second-order valence-corrected chi connectivity index (χ2v) is 8.99. The van der Waals surface area contributed by atoms with Gasteiger partial charge < -0.3 is 4.74 Å². The van der Waals surface area contributed by atoms with Crippen LogP contribution in [0.5, 0.6) is 0 Å². The van der Waals surface area contributed by atoms with Gasteiger partial charge in [-0.2, -0.15) is 4.57 Å². The summed E-state index contributed by atoms with van der Waals surface area (Å²) in [5.41, 5.74) is 1.38. The number of rotatable bonds is 2. The molecule has 1 aromatic carbocycles. The van der Waals surface area contributed by atoms with Crippen molar-refractivity contribution in [3.63, 3.8) is 0 Å². The highest BCUT2D eigenvalue weighted by Gasteiger charge is 2.64. The van der Waals surface area contributed by atoms with E-state index in [0.717, 1.165) is 6.42 Å². The van der Waals surface area contributed by atoms with Crippen LogP contribution >= 0.6 is 23.1 Å². The number of para-hydroxylation sites is 1. The number of hydrogen-bond acceptors (Lipinski definition) is 4. The minimum Gasteiger partial charge on any atom is -0.466 e. The Morgan fingerprint density at radius 1 is 1.36 bits per heavy atom. The highest BCUT2D eigenvalue weighted by atomic mass is 32.2. The maximum atomic E-state index is 12.2. The summed E-state index contributed by atoms with van der Waals surface area (Å²) >= 11 is 3.91. The van der Waals surface area contributed by atoms with Crippen LogP contribution in [0.4, 0.5) is 0 Å². The fourth-order valence-corrected chi connectivity index (χ4v) is 8.02. The molecule has 0 amide bonds. The minimum absolute atomic E-state index is 0.0409. The van der Waals surface area contributed by atoms with Gasteiger partial charge in [0.05, 0.1) is 17.8 Å². The predicted octanol–water partition coefficient (Wildman–Crippen LogP) is 3.42. The smallest absolute Gasteiger partial charge is 0.309 e. The van der Waals surface area contributed by atoms with Crippen molar-refractivity contribution in [2.45, 2.75) is 35.4 Å². The van der Waals surface area contributed by atoms with Gasteiger partial charge in [-0.25, -0.2) is 0 Å². The molecular weight excluding hydrogens is 314 g/mol. The van der Waals surface area contributed by atoms with E-state index in [2.05, 4.69) is 28.8 Å². The van der Waals surface area contributed by atoms with E-state index >= 15 is 0 Å². The van der Waals surface area contributed by atoms with Crippen molar-refractivity contribution in [3.8, 4) is 0 Å². The van der Waals surface area contributed by atoms with Gasteiger partial charge in [-0.3, -0.25) is 4.79 Å². The van der Waals surface area contributed by atoms with Gasteiger partial charge in [-0.05, 0) is 43.5 Å². The summed E-state index contributed by atoms with van der Waals surface area (Å²) in [6.45, 7) is 2.40. The molecule has 1 aromatic heterocycles. The third-order valence-corrected chi connectivity index (χ3v) is 8.31. The molecule has 5 rings (SSSR count). The lowest BCUT2D eigenvalue weighted by molar-refractivity contribution is -0.726. The molecule has 0 N–H and O–H groups in total. The Kier molecular flexibility index (Phi) is 2.87. The van der Waals surface area contributed by atoms with Crippen molar-refractivity contribution in [1.29, 1.82) is 0 Å². The van der Waals surface area contributed by atoms with Crippen LogP contribution in [0.3, 0.4) is 0 Å². The first-order chi connectivity index (χ1) is 10.8. The van der Waals surface area contributed by atoms with Gasteiger partial charge in [-0.1, -0.05) is 23.5 Å². The van der Waals surface area contributed by atoms with Crippen LogP contribution in [-0.4, -0.2) is 17.8 Å². The summed E-state index contributed by atoms with van der Waals surface area (Å²) in [5, 5.41) is 0.573. The van der Waals surface area contributed by atoms with E-state index in [9.17, 15) is 4.79 Å². The summed E-state index contributed by atoms with van der Waals surface area (Å²) in [7, 11) is 0. The van der Waals surface area contributed by atoms with Crippen LogP contribution in [0.15, 0.2) is 28.6 Å². The molecule has 22 heavy (non-hydrogen) atoms. The second-order valence-electron chi connectivity index (χ2n) is 6.53. The lowest BCUT2D eigenvalue weighted by Crippen LogP contribution is -2.45. The number of carbonyl (C=O) groups is 1. The third-order valence-electron chi connectivity index (χ3n) is 5.53. The highest BCUT2D eigenvalue weighted by Crippen LogP contribution is 2.61. The quantitative estimate of drug-likeness (QED) is 0.623. The maximum Gasteiger partial charge on any atom is 0.309 e. The molecule has 114 valence electrons. The molecule has 3 nitrogen and oxygen atoms in total. The molecule has 2 aromatic rings. The van der Waals surface area contributed by atoms with Crippen LogP contribution in [0.2, 0.25) is 0 Å². The van der Waals surface area contributed by atoms with Gasteiger partial charge in [0, 0.05) is 12.0 Å². The molecule has 5 unspecified atom stereocenters. The number of ether oxygens (including phenoxy) is 1. The number of thioether (sulfide) groups is 1. The molecule has 2 fully saturated rings. The fraction of sp³-hybridized carbons (Fsp3) is 0.529. The van der Waals surface area contributed by atoms with E-state index in [1.165, 1.54) is 21.0 Å². The molecule has 0 saturated heterocycles. The number of carbonyl (C=O) groups excluding carboxylic acids is 1. The van der Waals surface area contributed by atoms with E-state index in [1.54, 1.807) is 0 Å². The molecule has 5 atom stereocenters. The first-order valence-corrected chi connectivity index (χ1v) is 9.74. The summed E-state index contributed by atoms with van der Waals surface area (Å²) in [4.78, 5) is 12.2. The van der Waals surface area contributed by atoms with Gasteiger partial charge in [-0.15, -0.1) is 0 Å². The number of hydrogen-bond donors (Lipinski definition) is 0. The molecule has 1 aliphatic heterocycles. The Morgan fingerprint density at radius 3 is 3.09 bits per heavy atom. The Hall–Kier alpha value is -1.07.